The van der Waals surface area contributed by atoms with Crippen LogP contribution in [0.15, 0.2) is 48.5 Å². The van der Waals surface area contributed by atoms with Gasteiger partial charge >= 0.3 is 0 Å². The highest BCUT2D eigenvalue weighted by Crippen LogP contribution is 2.34. The van der Waals surface area contributed by atoms with Crippen molar-refractivity contribution in [3.05, 3.63) is 70.9 Å². The van der Waals surface area contributed by atoms with E-state index < -0.39 is 6.04 Å². The number of hydrogen-bond acceptors (Lipinski definition) is 4. The average Bonchev–Trinajstić information content (AvgIpc) is 3.68. The third-order valence-electron chi connectivity index (χ3n) is 7.84. The number of likely N-dealkylation sites (N-methyl/N-ethyl adjacent to an activating group) is 1. The molecule has 1 unspecified atom stereocenters. The van der Waals surface area contributed by atoms with Crippen molar-refractivity contribution in [2.75, 3.05) is 33.2 Å². The molecule has 1 saturated carbocycles. The van der Waals surface area contributed by atoms with Crippen molar-refractivity contribution in [1.82, 2.24) is 25.4 Å². The number of piperazine rings is 1. The maximum atomic E-state index is 13.3. The lowest BCUT2D eigenvalue weighted by Crippen LogP contribution is -2.46. The van der Waals surface area contributed by atoms with Gasteiger partial charge in [-0.15, -0.1) is 0 Å². The van der Waals surface area contributed by atoms with Gasteiger partial charge < -0.3 is 20.5 Å². The van der Waals surface area contributed by atoms with E-state index in [0.717, 1.165) is 61.2 Å². The Morgan fingerprint density at radius 3 is 2.54 bits per heavy atom. The Kier molecular flexibility index (Phi) is 7.91. The summed E-state index contributed by atoms with van der Waals surface area (Å²) in [5.41, 5.74) is 4.72. The van der Waals surface area contributed by atoms with Gasteiger partial charge in [-0.1, -0.05) is 55.3 Å². The number of benzene rings is 2. The molecule has 3 N–H and O–H groups in total. The molecule has 1 aromatic heterocycles. The molecule has 2 aromatic carbocycles. The van der Waals surface area contributed by atoms with E-state index in [0.29, 0.717) is 24.6 Å². The number of nitrogens with one attached hydrogen (secondary N) is 3. The van der Waals surface area contributed by atoms with Crippen molar-refractivity contribution in [1.29, 1.82) is 0 Å². The monoisotopic (exact) mass is 501 g/mol. The maximum Gasteiger partial charge on any atom is 0.268 e. The Labute approximate surface area is 219 Å². The van der Waals surface area contributed by atoms with E-state index in [-0.39, 0.29) is 11.8 Å². The van der Waals surface area contributed by atoms with E-state index in [4.69, 9.17) is 0 Å². The molecule has 0 spiro atoms. The van der Waals surface area contributed by atoms with Gasteiger partial charge in [0.05, 0.1) is 0 Å². The molecular formula is C30H39N5O2. The summed E-state index contributed by atoms with van der Waals surface area (Å²) < 4.78 is 0. The zero-order chi connectivity index (χ0) is 25.8. The minimum atomic E-state index is -0.549. The molecule has 2 heterocycles. The molecular weight excluding hydrogens is 462 g/mol. The van der Waals surface area contributed by atoms with Crippen molar-refractivity contribution in [2.45, 2.75) is 51.7 Å². The lowest BCUT2D eigenvalue weighted by Gasteiger charge is -2.32. The van der Waals surface area contributed by atoms with Gasteiger partial charge in [0.25, 0.3) is 5.91 Å². The number of para-hydroxylation sites is 1. The lowest BCUT2D eigenvalue weighted by molar-refractivity contribution is -0.123. The van der Waals surface area contributed by atoms with Crippen molar-refractivity contribution < 1.29 is 9.59 Å². The molecule has 1 aliphatic heterocycles. The summed E-state index contributed by atoms with van der Waals surface area (Å²) in [6.07, 6.45) is 4.07. The van der Waals surface area contributed by atoms with Crippen LogP contribution >= 0.6 is 0 Å². The highest BCUT2D eigenvalue weighted by molar-refractivity contribution is 6.02. The number of carbonyl (C=O) groups excluding carboxylic acids is 2. The van der Waals surface area contributed by atoms with Gasteiger partial charge in [-0.2, -0.15) is 0 Å². The Balaban J connectivity index is 1.21. The highest BCUT2D eigenvalue weighted by Gasteiger charge is 2.28. The Bertz CT molecular complexity index is 1240. The van der Waals surface area contributed by atoms with E-state index in [2.05, 4.69) is 56.7 Å². The number of rotatable bonds is 10. The molecule has 2 fully saturated rings. The summed E-state index contributed by atoms with van der Waals surface area (Å²) in [5, 5.41) is 7.15. The third kappa shape index (κ3) is 6.59. The van der Waals surface area contributed by atoms with Crippen molar-refractivity contribution in [3.8, 4) is 0 Å². The molecule has 5 rings (SSSR count). The zero-order valence-electron chi connectivity index (χ0n) is 22.1. The molecule has 7 nitrogen and oxygen atoms in total. The van der Waals surface area contributed by atoms with Crippen LogP contribution in [0.1, 0.15) is 52.9 Å². The van der Waals surface area contributed by atoms with Crippen molar-refractivity contribution in [2.24, 2.45) is 5.92 Å². The fourth-order valence-electron chi connectivity index (χ4n) is 5.23. The van der Waals surface area contributed by atoms with E-state index in [1.54, 1.807) is 0 Å². The van der Waals surface area contributed by atoms with Crippen LogP contribution in [0.3, 0.4) is 0 Å². The van der Waals surface area contributed by atoms with Gasteiger partial charge in [0.1, 0.15) is 11.7 Å². The highest BCUT2D eigenvalue weighted by atomic mass is 16.2. The smallest absolute Gasteiger partial charge is 0.268 e. The molecule has 7 heteroatoms. The van der Waals surface area contributed by atoms with Crippen LogP contribution in [-0.4, -0.2) is 65.9 Å². The lowest BCUT2D eigenvalue weighted by atomic mass is 10.1. The second kappa shape index (κ2) is 11.5. The van der Waals surface area contributed by atoms with E-state index in [1.165, 1.54) is 18.4 Å². The van der Waals surface area contributed by atoms with Gasteiger partial charge in [0.15, 0.2) is 0 Å². The van der Waals surface area contributed by atoms with Gasteiger partial charge in [0.2, 0.25) is 5.91 Å². The second-order valence-corrected chi connectivity index (χ2v) is 10.8. The normalized spacial score (nSPS) is 17.6. The fraction of sp³-hybridized carbons (Fsp3) is 0.467. The Hall–Kier alpha value is -3.16. The first kappa shape index (κ1) is 25.5. The first-order valence-corrected chi connectivity index (χ1v) is 13.6. The maximum absolute atomic E-state index is 13.3. The number of H-pyrrole nitrogens is 1. The van der Waals surface area contributed by atoms with Gasteiger partial charge in [-0.05, 0) is 55.5 Å². The average molecular weight is 502 g/mol. The standard InChI is InChI=1S/C30H39N5O2/c1-21-25-8-3-4-9-26(25)32-28(21)30(37)33-27(13-12-22-10-11-22)29(36)31-19-23-6-5-7-24(18-23)20-35-16-14-34(2)15-17-35/h3-9,18,22,27,32H,10-17,19-20H2,1-2H3,(H,31,36)(H,33,37). The van der Waals surface area contributed by atoms with Gasteiger partial charge in [-0.25, -0.2) is 0 Å². The summed E-state index contributed by atoms with van der Waals surface area (Å²) in [5.74, 6) is 0.347. The van der Waals surface area contributed by atoms with E-state index in [9.17, 15) is 9.59 Å². The quantitative estimate of drug-likeness (QED) is 0.395. The number of aryl methyl sites for hydroxylation is 1. The number of nitrogens with zero attached hydrogens (tertiary/aromatic N) is 2. The number of amides is 2. The number of carbonyl (C=O) groups is 2. The van der Waals surface area contributed by atoms with Crippen LogP contribution < -0.4 is 10.6 Å². The molecule has 3 aromatic rings. The predicted octanol–water partition coefficient (Wildman–Crippen LogP) is 3.83. The minimum Gasteiger partial charge on any atom is -0.350 e. The predicted molar refractivity (Wildman–Crippen MR) is 147 cm³/mol. The van der Waals surface area contributed by atoms with E-state index in [1.807, 2.05) is 31.2 Å². The van der Waals surface area contributed by atoms with Crippen LogP contribution in [0, 0.1) is 12.8 Å². The number of hydrogen-bond donors (Lipinski definition) is 3. The largest absolute Gasteiger partial charge is 0.350 e. The van der Waals surface area contributed by atoms with Gasteiger partial charge in [0, 0.05) is 50.2 Å². The zero-order valence-corrected chi connectivity index (χ0v) is 22.1. The van der Waals surface area contributed by atoms with Crippen LogP contribution in [-0.2, 0) is 17.9 Å². The van der Waals surface area contributed by atoms with Crippen LogP contribution in [0.4, 0.5) is 0 Å². The van der Waals surface area contributed by atoms with Crippen LogP contribution in [0.5, 0.6) is 0 Å². The number of aromatic amines is 1. The molecule has 0 radical (unpaired) electrons. The first-order chi connectivity index (χ1) is 18.0. The molecule has 1 saturated heterocycles. The molecule has 2 amide bonds. The first-order valence-electron chi connectivity index (χ1n) is 13.6. The molecule has 37 heavy (non-hydrogen) atoms. The molecule has 1 atom stereocenters. The topological polar surface area (TPSA) is 80.5 Å². The Morgan fingerprint density at radius 1 is 1.03 bits per heavy atom. The summed E-state index contributed by atoms with van der Waals surface area (Å²) in [6.45, 7) is 7.69. The Morgan fingerprint density at radius 2 is 1.78 bits per heavy atom. The minimum absolute atomic E-state index is 0.118. The number of fused-ring (bicyclic) bond motifs is 1. The SMILES string of the molecule is Cc1c(C(=O)NC(CCC2CC2)C(=O)NCc2cccc(CN3CCN(C)CC3)c2)[nH]c2ccccc12. The fourth-order valence-corrected chi connectivity index (χ4v) is 5.23. The third-order valence-corrected chi connectivity index (χ3v) is 7.84. The molecule has 196 valence electrons. The summed E-state index contributed by atoms with van der Waals surface area (Å²) in [7, 11) is 2.17. The molecule has 0 bridgehead atoms. The molecule has 1 aliphatic carbocycles. The van der Waals surface area contributed by atoms with Crippen LogP contribution in [0.2, 0.25) is 0 Å². The molecule has 2 aliphatic rings. The van der Waals surface area contributed by atoms with Gasteiger partial charge in [-0.3, -0.25) is 14.5 Å². The van der Waals surface area contributed by atoms with Crippen molar-refractivity contribution in [3.63, 3.8) is 0 Å². The van der Waals surface area contributed by atoms with E-state index >= 15 is 0 Å². The second-order valence-electron chi connectivity index (χ2n) is 10.8. The summed E-state index contributed by atoms with van der Waals surface area (Å²) in [6, 6.07) is 15.8. The van der Waals surface area contributed by atoms with Crippen LogP contribution in [0.25, 0.3) is 10.9 Å². The summed E-state index contributed by atoms with van der Waals surface area (Å²) in [4.78, 5) is 34.5. The summed E-state index contributed by atoms with van der Waals surface area (Å²) >= 11 is 0. The van der Waals surface area contributed by atoms with Crippen molar-refractivity contribution >= 4 is 22.7 Å². The number of aromatic nitrogens is 1.